The van der Waals surface area contributed by atoms with Crippen molar-refractivity contribution in [3.05, 3.63) is 24.3 Å². The van der Waals surface area contributed by atoms with Crippen LogP contribution in [0.5, 0.6) is 0 Å². The van der Waals surface area contributed by atoms with E-state index in [-0.39, 0.29) is 0 Å². The minimum absolute atomic E-state index is 0.747. The van der Waals surface area contributed by atoms with E-state index in [9.17, 15) is 0 Å². The van der Waals surface area contributed by atoms with Gasteiger partial charge in [-0.3, -0.25) is 5.10 Å². The van der Waals surface area contributed by atoms with Crippen molar-refractivity contribution in [2.75, 3.05) is 12.0 Å². The molecular weight excluding hydrogens is 196 g/mol. The Morgan fingerprint density at radius 1 is 1.29 bits per heavy atom. The maximum Gasteiger partial charge on any atom is 0.208 e. The van der Waals surface area contributed by atoms with Crippen molar-refractivity contribution in [1.82, 2.24) is 15.2 Å². The van der Waals surface area contributed by atoms with Crippen LogP contribution in [0, 0.1) is 0 Å². The lowest BCUT2D eigenvalue weighted by atomic mass is 10.2. The zero-order valence-electron chi connectivity index (χ0n) is 7.69. The minimum Gasteiger partial charge on any atom is -0.399 e. The average Bonchev–Trinajstić information content (AvgIpc) is 2.67. The van der Waals surface area contributed by atoms with Crippen molar-refractivity contribution >= 4 is 17.4 Å². The Labute approximate surface area is 85.9 Å². The van der Waals surface area contributed by atoms with Crippen molar-refractivity contribution < 1.29 is 0 Å². The highest BCUT2D eigenvalue weighted by Gasteiger charge is 2.03. The van der Waals surface area contributed by atoms with E-state index >= 15 is 0 Å². The minimum atomic E-state index is 0.747. The fraction of sp³-hybridized carbons (Fsp3) is 0.111. The molecule has 14 heavy (non-hydrogen) atoms. The first-order valence-corrected chi connectivity index (χ1v) is 5.34. The fourth-order valence-electron chi connectivity index (χ4n) is 1.11. The molecule has 72 valence electrons. The number of anilines is 1. The second kappa shape index (κ2) is 3.71. The summed E-state index contributed by atoms with van der Waals surface area (Å²) in [6, 6.07) is 7.52. The number of nitrogen functional groups attached to an aromatic ring is 1. The van der Waals surface area contributed by atoms with Gasteiger partial charge in [-0.15, -0.1) is 5.10 Å². The van der Waals surface area contributed by atoms with Gasteiger partial charge < -0.3 is 5.73 Å². The fourth-order valence-corrected chi connectivity index (χ4v) is 1.43. The number of nitrogens with two attached hydrogens (primary N) is 1. The van der Waals surface area contributed by atoms with Gasteiger partial charge in [0.05, 0.1) is 0 Å². The van der Waals surface area contributed by atoms with Gasteiger partial charge in [0.25, 0.3) is 0 Å². The zero-order chi connectivity index (χ0) is 9.97. The predicted molar refractivity (Wildman–Crippen MR) is 58.0 cm³/mol. The van der Waals surface area contributed by atoms with E-state index in [2.05, 4.69) is 15.2 Å². The third kappa shape index (κ3) is 1.72. The third-order valence-corrected chi connectivity index (χ3v) is 2.38. The summed E-state index contributed by atoms with van der Waals surface area (Å²) in [5.41, 5.74) is 7.33. The lowest BCUT2D eigenvalue weighted by Gasteiger charge is -1.95. The van der Waals surface area contributed by atoms with Crippen LogP contribution in [0.15, 0.2) is 29.4 Å². The molecule has 1 aromatic heterocycles. The van der Waals surface area contributed by atoms with Crippen molar-refractivity contribution in [3.8, 4) is 11.4 Å². The van der Waals surface area contributed by atoms with E-state index in [0.717, 1.165) is 22.2 Å². The number of nitrogens with zero attached hydrogens (tertiary/aromatic N) is 2. The van der Waals surface area contributed by atoms with Gasteiger partial charge in [0.2, 0.25) is 5.16 Å². The molecule has 0 aliphatic rings. The normalized spacial score (nSPS) is 10.4. The lowest BCUT2D eigenvalue weighted by molar-refractivity contribution is 0.976. The summed E-state index contributed by atoms with van der Waals surface area (Å²) in [5.74, 6) is 0.773. The summed E-state index contributed by atoms with van der Waals surface area (Å²) in [4.78, 5) is 4.28. The first-order chi connectivity index (χ1) is 6.79. The molecule has 0 spiro atoms. The van der Waals surface area contributed by atoms with Gasteiger partial charge in [-0.2, -0.15) is 0 Å². The van der Waals surface area contributed by atoms with Crippen LogP contribution in [0.4, 0.5) is 5.69 Å². The molecule has 0 amide bonds. The van der Waals surface area contributed by atoms with Gasteiger partial charge in [0.1, 0.15) is 0 Å². The molecular formula is C9H10N4S. The number of hydrogen-bond acceptors (Lipinski definition) is 4. The van der Waals surface area contributed by atoms with Gasteiger partial charge in [0, 0.05) is 11.3 Å². The molecule has 0 aliphatic carbocycles. The van der Waals surface area contributed by atoms with Crippen LogP contribution in [0.2, 0.25) is 0 Å². The summed E-state index contributed by atoms with van der Waals surface area (Å²) in [6.07, 6.45) is 1.94. The molecule has 2 rings (SSSR count). The molecule has 1 heterocycles. The lowest BCUT2D eigenvalue weighted by Crippen LogP contribution is -1.85. The predicted octanol–water partition coefficient (Wildman–Crippen LogP) is 1.78. The zero-order valence-corrected chi connectivity index (χ0v) is 8.51. The SMILES string of the molecule is CSc1n[nH]c(-c2ccc(N)cc2)n1. The highest BCUT2D eigenvalue weighted by Crippen LogP contribution is 2.18. The topological polar surface area (TPSA) is 67.6 Å². The number of hydrogen-bond donors (Lipinski definition) is 2. The third-order valence-electron chi connectivity index (χ3n) is 1.83. The molecule has 0 aliphatic heterocycles. The van der Waals surface area contributed by atoms with E-state index in [1.807, 2.05) is 30.5 Å². The van der Waals surface area contributed by atoms with Crippen molar-refractivity contribution in [1.29, 1.82) is 0 Å². The monoisotopic (exact) mass is 206 g/mol. The number of H-pyrrole nitrogens is 1. The Bertz CT molecular complexity index is 421. The van der Waals surface area contributed by atoms with Crippen molar-refractivity contribution in [3.63, 3.8) is 0 Å². The van der Waals surface area contributed by atoms with E-state index in [1.54, 1.807) is 0 Å². The highest BCUT2D eigenvalue weighted by molar-refractivity contribution is 7.98. The number of aromatic amines is 1. The van der Waals surface area contributed by atoms with Crippen LogP contribution in [-0.4, -0.2) is 21.4 Å². The molecule has 5 heteroatoms. The van der Waals surface area contributed by atoms with Gasteiger partial charge in [0.15, 0.2) is 5.82 Å². The first-order valence-electron chi connectivity index (χ1n) is 4.12. The van der Waals surface area contributed by atoms with Crippen molar-refractivity contribution in [2.24, 2.45) is 0 Å². The molecule has 0 bridgehead atoms. The molecule has 0 saturated carbocycles. The van der Waals surface area contributed by atoms with Crippen LogP contribution < -0.4 is 5.73 Å². The maximum absolute atomic E-state index is 5.59. The number of nitrogens with one attached hydrogen (secondary N) is 1. The summed E-state index contributed by atoms with van der Waals surface area (Å²) in [6.45, 7) is 0. The van der Waals surface area contributed by atoms with Crippen molar-refractivity contribution in [2.45, 2.75) is 5.16 Å². The van der Waals surface area contributed by atoms with Gasteiger partial charge >= 0.3 is 0 Å². The van der Waals surface area contributed by atoms with E-state index < -0.39 is 0 Å². The van der Waals surface area contributed by atoms with Crippen LogP contribution in [0.25, 0.3) is 11.4 Å². The molecule has 2 aromatic rings. The highest BCUT2D eigenvalue weighted by atomic mass is 32.2. The number of rotatable bonds is 2. The van der Waals surface area contributed by atoms with Gasteiger partial charge in [-0.1, -0.05) is 11.8 Å². The molecule has 4 nitrogen and oxygen atoms in total. The van der Waals surface area contributed by atoms with E-state index in [1.165, 1.54) is 11.8 Å². The Morgan fingerprint density at radius 2 is 2.00 bits per heavy atom. The number of aromatic nitrogens is 3. The standard InChI is InChI=1S/C9H10N4S/c1-14-9-11-8(12-13-9)6-2-4-7(10)5-3-6/h2-5H,10H2,1H3,(H,11,12,13). The van der Waals surface area contributed by atoms with Crippen LogP contribution in [-0.2, 0) is 0 Å². The number of benzene rings is 1. The Kier molecular flexibility index (Phi) is 2.41. The average molecular weight is 206 g/mol. The first kappa shape index (κ1) is 9.08. The smallest absolute Gasteiger partial charge is 0.208 e. The number of thioether (sulfide) groups is 1. The Morgan fingerprint density at radius 3 is 2.57 bits per heavy atom. The van der Waals surface area contributed by atoms with E-state index in [0.29, 0.717) is 0 Å². The second-order valence-corrected chi connectivity index (χ2v) is 3.57. The summed E-state index contributed by atoms with van der Waals surface area (Å²) >= 11 is 1.51. The molecule has 0 unspecified atom stereocenters. The Balaban J connectivity index is 2.34. The quantitative estimate of drug-likeness (QED) is 0.580. The van der Waals surface area contributed by atoms with Gasteiger partial charge in [-0.25, -0.2) is 4.98 Å². The van der Waals surface area contributed by atoms with Crippen LogP contribution in [0.3, 0.4) is 0 Å². The summed E-state index contributed by atoms with van der Waals surface area (Å²) < 4.78 is 0. The maximum atomic E-state index is 5.59. The molecule has 1 aromatic carbocycles. The molecule has 0 fully saturated rings. The largest absolute Gasteiger partial charge is 0.399 e. The second-order valence-electron chi connectivity index (χ2n) is 2.79. The molecule has 0 atom stereocenters. The van der Waals surface area contributed by atoms with E-state index in [4.69, 9.17) is 5.73 Å². The summed E-state index contributed by atoms with van der Waals surface area (Å²) in [5, 5.41) is 7.65. The van der Waals surface area contributed by atoms with Gasteiger partial charge in [-0.05, 0) is 30.5 Å². The molecule has 0 radical (unpaired) electrons. The molecule has 3 N–H and O–H groups in total. The van der Waals surface area contributed by atoms with Crippen LogP contribution in [0.1, 0.15) is 0 Å². The summed E-state index contributed by atoms with van der Waals surface area (Å²) in [7, 11) is 0. The van der Waals surface area contributed by atoms with Crippen LogP contribution >= 0.6 is 11.8 Å². The molecule has 0 saturated heterocycles. The Hall–Kier alpha value is -1.49.